The molecule has 0 saturated carbocycles. The zero-order chi connectivity index (χ0) is 23.4. The summed E-state index contributed by atoms with van der Waals surface area (Å²) in [6, 6.07) is 16.7. The van der Waals surface area contributed by atoms with Gasteiger partial charge in [0.05, 0.1) is 12.7 Å². The van der Waals surface area contributed by atoms with E-state index in [0.29, 0.717) is 37.2 Å². The first-order valence-electron chi connectivity index (χ1n) is 10.9. The van der Waals surface area contributed by atoms with E-state index in [2.05, 4.69) is 35.4 Å². The van der Waals surface area contributed by atoms with Gasteiger partial charge in [-0.3, -0.25) is 4.79 Å². The van der Waals surface area contributed by atoms with Crippen LogP contribution < -0.4 is 10.1 Å². The summed E-state index contributed by atoms with van der Waals surface area (Å²) >= 11 is 0. The van der Waals surface area contributed by atoms with E-state index < -0.39 is 12.0 Å². The molecule has 0 spiro atoms. The highest BCUT2D eigenvalue weighted by atomic mass is 32.1. The molecule has 1 fully saturated rings. The Morgan fingerprint density at radius 1 is 1.15 bits per heavy atom. The fourth-order valence-electron chi connectivity index (χ4n) is 4.16. The van der Waals surface area contributed by atoms with E-state index in [-0.39, 0.29) is 19.4 Å². The zero-order valence-electron chi connectivity index (χ0n) is 19.2. The molecule has 1 aromatic heterocycles. The van der Waals surface area contributed by atoms with Crippen LogP contribution in [0.3, 0.4) is 0 Å². The molecule has 8 heteroatoms. The van der Waals surface area contributed by atoms with Crippen LogP contribution in [0.2, 0.25) is 0 Å². The number of hydrogen-bond acceptors (Lipinski definition) is 5. The van der Waals surface area contributed by atoms with Crippen molar-refractivity contribution < 1.29 is 19.4 Å². The van der Waals surface area contributed by atoms with Gasteiger partial charge in [0.2, 0.25) is 0 Å². The third-order valence-corrected chi connectivity index (χ3v) is 5.88. The normalized spacial score (nSPS) is 14.9. The number of benzene rings is 2. The van der Waals surface area contributed by atoms with Gasteiger partial charge in [0.25, 0.3) is 5.91 Å². The van der Waals surface area contributed by atoms with E-state index >= 15 is 0 Å². The van der Waals surface area contributed by atoms with Crippen molar-refractivity contribution in [2.24, 2.45) is 0 Å². The largest absolute Gasteiger partial charge is 0.496 e. The minimum absolute atomic E-state index is 0. The van der Waals surface area contributed by atoms with Gasteiger partial charge < -0.3 is 20.1 Å². The van der Waals surface area contributed by atoms with Gasteiger partial charge >= 0.3 is 5.97 Å². The molecular formula is C26H29N3O4S. The van der Waals surface area contributed by atoms with E-state index in [9.17, 15) is 14.7 Å². The average molecular weight is 480 g/mol. The van der Waals surface area contributed by atoms with Crippen molar-refractivity contribution in [3.8, 4) is 16.9 Å². The molecule has 1 saturated heterocycles. The maximum atomic E-state index is 13.2. The Morgan fingerprint density at radius 2 is 1.94 bits per heavy atom. The number of carboxylic acids is 1. The number of aromatic nitrogens is 1. The first-order chi connectivity index (χ1) is 16.0. The number of aliphatic carboxylic acids is 1. The maximum absolute atomic E-state index is 13.2. The Kier molecular flexibility index (Phi) is 8.17. The number of aryl methyl sites for hydroxylation is 1. The van der Waals surface area contributed by atoms with Crippen LogP contribution in [0, 0.1) is 6.92 Å². The van der Waals surface area contributed by atoms with Gasteiger partial charge in [-0.1, -0.05) is 35.9 Å². The van der Waals surface area contributed by atoms with Gasteiger partial charge in [-0.05, 0) is 55.2 Å². The van der Waals surface area contributed by atoms with Crippen LogP contribution >= 0.6 is 13.5 Å². The van der Waals surface area contributed by atoms with Gasteiger partial charge in [-0.2, -0.15) is 13.5 Å². The summed E-state index contributed by atoms with van der Waals surface area (Å²) < 4.78 is 5.39. The molecule has 178 valence electrons. The lowest BCUT2D eigenvalue weighted by atomic mass is 10.0. The second kappa shape index (κ2) is 11.1. The molecular weight excluding hydrogens is 450 g/mol. The monoisotopic (exact) mass is 479 g/mol. The first kappa shape index (κ1) is 25.1. The van der Waals surface area contributed by atoms with Crippen LogP contribution in [0.5, 0.6) is 5.75 Å². The third kappa shape index (κ3) is 5.51. The highest BCUT2D eigenvalue weighted by Gasteiger charge is 2.35. The Labute approximate surface area is 206 Å². The average Bonchev–Trinajstić information content (AvgIpc) is 3.33. The van der Waals surface area contributed by atoms with Crippen molar-refractivity contribution in [2.45, 2.75) is 32.4 Å². The lowest BCUT2D eigenvalue weighted by Crippen LogP contribution is -2.40. The van der Waals surface area contributed by atoms with E-state index in [1.807, 2.05) is 24.3 Å². The SMILES string of the molecule is COc1ccc(-c2ccc(NCc3cccc(C)c3)nc2)cc1C(=O)N1CCC[C@H]1C(=O)O.S. The number of methoxy groups -OCH3 is 1. The molecule has 34 heavy (non-hydrogen) atoms. The molecule has 2 N–H and O–H groups in total. The number of nitrogens with zero attached hydrogens (tertiary/aromatic N) is 2. The number of rotatable bonds is 7. The second-order valence-electron chi connectivity index (χ2n) is 8.18. The summed E-state index contributed by atoms with van der Waals surface area (Å²) in [6.45, 7) is 3.16. The number of pyridine rings is 1. The molecule has 0 unspecified atom stereocenters. The van der Waals surface area contributed by atoms with Gasteiger partial charge in [0, 0.05) is 24.8 Å². The van der Waals surface area contributed by atoms with Crippen LogP contribution in [0.25, 0.3) is 11.1 Å². The third-order valence-electron chi connectivity index (χ3n) is 5.88. The fourth-order valence-corrected chi connectivity index (χ4v) is 4.16. The number of carboxylic acid groups (broad SMARTS) is 1. The Bertz CT molecular complexity index is 1170. The second-order valence-corrected chi connectivity index (χ2v) is 8.18. The molecule has 1 amide bonds. The number of anilines is 1. The zero-order valence-corrected chi connectivity index (χ0v) is 20.2. The molecule has 0 aliphatic carbocycles. The van der Waals surface area contributed by atoms with Crippen LogP contribution in [0.15, 0.2) is 60.8 Å². The van der Waals surface area contributed by atoms with E-state index in [0.717, 1.165) is 16.9 Å². The van der Waals surface area contributed by atoms with Crippen LogP contribution in [-0.2, 0) is 11.3 Å². The molecule has 2 heterocycles. The van der Waals surface area contributed by atoms with Crippen molar-refractivity contribution in [1.29, 1.82) is 0 Å². The van der Waals surface area contributed by atoms with E-state index in [1.165, 1.54) is 23.1 Å². The molecule has 0 radical (unpaired) electrons. The number of amides is 1. The molecule has 0 bridgehead atoms. The van der Waals surface area contributed by atoms with Crippen molar-refractivity contribution in [3.05, 3.63) is 77.5 Å². The molecule has 4 rings (SSSR count). The standard InChI is InChI=1S/C26H27N3O4.H2S/c1-17-5-3-6-18(13-17)15-27-24-11-9-20(16-28-24)19-8-10-23(33-2)21(14-19)25(30)29-12-4-7-22(29)26(31)32;/h3,5-6,8-11,13-14,16,22H,4,7,12,15H2,1-2H3,(H,27,28)(H,31,32);1H2/t22-;/m0./s1. The lowest BCUT2D eigenvalue weighted by Gasteiger charge is -2.22. The molecule has 2 aromatic carbocycles. The summed E-state index contributed by atoms with van der Waals surface area (Å²) in [5.41, 5.74) is 4.41. The van der Waals surface area contributed by atoms with Crippen molar-refractivity contribution in [3.63, 3.8) is 0 Å². The summed E-state index contributed by atoms with van der Waals surface area (Å²) in [7, 11) is 1.50. The Hall–Kier alpha value is -3.52. The number of likely N-dealkylation sites (tertiary alicyclic amines) is 1. The number of carbonyl (C=O) groups is 2. The molecule has 1 atom stereocenters. The van der Waals surface area contributed by atoms with E-state index in [1.54, 1.807) is 18.3 Å². The topological polar surface area (TPSA) is 91.8 Å². The van der Waals surface area contributed by atoms with Gasteiger partial charge in [-0.15, -0.1) is 0 Å². The lowest BCUT2D eigenvalue weighted by molar-refractivity contribution is -0.141. The summed E-state index contributed by atoms with van der Waals surface area (Å²) in [5.74, 6) is -0.132. The van der Waals surface area contributed by atoms with Crippen molar-refractivity contribution in [2.75, 3.05) is 19.0 Å². The highest BCUT2D eigenvalue weighted by molar-refractivity contribution is 7.59. The van der Waals surface area contributed by atoms with Gasteiger partial charge in [0.1, 0.15) is 17.6 Å². The minimum Gasteiger partial charge on any atom is -0.496 e. The maximum Gasteiger partial charge on any atom is 0.326 e. The number of carbonyl (C=O) groups excluding carboxylic acids is 1. The summed E-state index contributed by atoms with van der Waals surface area (Å²) in [6.07, 6.45) is 2.89. The van der Waals surface area contributed by atoms with Crippen LogP contribution in [-0.4, -0.2) is 46.6 Å². The number of hydrogen-bond donors (Lipinski definition) is 2. The van der Waals surface area contributed by atoms with Gasteiger partial charge in [-0.25, -0.2) is 9.78 Å². The summed E-state index contributed by atoms with van der Waals surface area (Å²) in [4.78, 5) is 30.6. The predicted octanol–water partition coefficient (Wildman–Crippen LogP) is 4.48. The Morgan fingerprint density at radius 3 is 2.62 bits per heavy atom. The van der Waals surface area contributed by atoms with E-state index in [4.69, 9.17) is 4.74 Å². The highest BCUT2D eigenvalue weighted by Crippen LogP contribution is 2.30. The molecule has 1 aliphatic rings. The number of nitrogens with one attached hydrogen (secondary N) is 1. The smallest absolute Gasteiger partial charge is 0.326 e. The quantitative estimate of drug-likeness (QED) is 0.519. The summed E-state index contributed by atoms with van der Waals surface area (Å²) in [5, 5.41) is 12.8. The minimum atomic E-state index is -0.978. The first-order valence-corrected chi connectivity index (χ1v) is 10.9. The van der Waals surface area contributed by atoms with Crippen molar-refractivity contribution in [1.82, 2.24) is 9.88 Å². The fraction of sp³-hybridized carbons (Fsp3) is 0.269. The van der Waals surface area contributed by atoms with Crippen LogP contribution in [0.1, 0.15) is 34.3 Å². The van der Waals surface area contributed by atoms with Crippen LogP contribution in [0.4, 0.5) is 5.82 Å². The molecule has 1 aliphatic heterocycles. The number of ether oxygens (including phenoxy) is 1. The molecule has 3 aromatic rings. The van der Waals surface area contributed by atoms with Gasteiger partial charge in [0.15, 0.2) is 0 Å². The Balaban J connectivity index is 0.00000324. The predicted molar refractivity (Wildman–Crippen MR) is 137 cm³/mol. The van der Waals surface area contributed by atoms with Crippen molar-refractivity contribution >= 4 is 31.2 Å². The molecule has 7 nitrogen and oxygen atoms in total.